The molecule has 0 fully saturated rings. The number of hydrogen-bond acceptors (Lipinski definition) is 1. The van der Waals surface area contributed by atoms with Gasteiger partial charge < -0.3 is 5.11 Å². The van der Waals surface area contributed by atoms with Crippen LogP contribution in [0.3, 0.4) is 0 Å². The Labute approximate surface area is 83.5 Å². The van der Waals surface area contributed by atoms with Gasteiger partial charge in [-0.05, 0) is 30.6 Å². The van der Waals surface area contributed by atoms with Gasteiger partial charge in [-0.3, -0.25) is 0 Å². The standard InChI is InChI=1S/C12H26O/c1-5-11(6-2)8-12(9-13)7-10(3)4/h10-13H,5-9H2,1-4H3. The molecular formula is C12H26O. The molecule has 0 aromatic carbocycles. The lowest BCUT2D eigenvalue weighted by molar-refractivity contribution is 0.177. The first-order chi connectivity index (χ1) is 6.13. The zero-order valence-corrected chi connectivity index (χ0v) is 9.71. The molecule has 0 aromatic rings. The van der Waals surface area contributed by atoms with E-state index in [0.717, 1.165) is 5.92 Å². The lowest BCUT2D eigenvalue weighted by atomic mass is 9.86. The molecule has 1 unspecified atom stereocenters. The average Bonchev–Trinajstić information content (AvgIpc) is 2.11. The Morgan fingerprint density at radius 3 is 1.77 bits per heavy atom. The van der Waals surface area contributed by atoms with Crippen molar-refractivity contribution in [1.29, 1.82) is 0 Å². The Morgan fingerprint density at radius 1 is 0.923 bits per heavy atom. The van der Waals surface area contributed by atoms with E-state index in [1.54, 1.807) is 0 Å². The van der Waals surface area contributed by atoms with Crippen molar-refractivity contribution in [3.63, 3.8) is 0 Å². The lowest BCUT2D eigenvalue weighted by Gasteiger charge is -2.21. The van der Waals surface area contributed by atoms with Crippen LogP contribution in [0, 0.1) is 17.8 Å². The molecule has 0 saturated heterocycles. The van der Waals surface area contributed by atoms with Crippen LogP contribution in [-0.2, 0) is 0 Å². The highest BCUT2D eigenvalue weighted by atomic mass is 16.3. The minimum absolute atomic E-state index is 0.370. The fourth-order valence-corrected chi connectivity index (χ4v) is 2.01. The van der Waals surface area contributed by atoms with E-state index < -0.39 is 0 Å². The first-order valence-corrected chi connectivity index (χ1v) is 5.74. The third-order valence-corrected chi connectivity index (χ3v) is 2.88. The molecule has 1 nitrogen and oxygen atoms in total. The van der Waals surface area contributed by atoms with Gasteiger partial charge in [-0.25, -0.2) is 0 Å². The van der Waals surface area contributed by atoms with E-state index >= 15 is 0 Å². The monoisotopic (exact) mass is 186 g/mol. The third kappa shape index (κ3) is 6.09. The second-order valence-corrected chi connectivity index (χ2v) is 4.60. The number of rotatable bonds is 7. The van der Waals surface area contributed by atoms with Crippen LogP contribution in [0.2, 0.25) is 0 Å². The van der Waals surface area contributed by atoms with E-state index in [-0.39, 0.29) is 0 Å². The molecule has 0 rings (SSSR count). The summed E-state index contributed by atoms with van der Waals surface area (Å²) in [5.74, 6) is 2.06. The van der Waals surface area contributed by atoms with Gasteiger partial charge in [0.2, 0.25) is 0 Å². The molecule has 80 valence electrons. The van der Waals surface area contributed by atoms with Gasteiger partial charge in [-0.15, -0.1) is 0 Å². The fraction of sp³-hybridized carbons (Fsp3) is 1.00. The molecule has 0 heterocycles. The summed E-state index contributed by atoms with van der Waals surface area (Å²) in [6.45, 7) is 9.33. The van der Waals surface area contributed by atoms with E-state index in [1.807, 2.05) is 0 Å². The van der Waals surface area contributed by atoms with E-state index in [4.69, 9.17) is 0 Å². The van der Waals surface area contributed by atoms with Crippen LogP contribution in [0.15, 0.2) is 0 Å². The quantitative estimate of drug-likeness (QED) is 0.645. The molecule has 0 aliphatic carbocycles. The van der Waals surface area contributed by atoms with Crippen molar-refractivity contribution < 1.29 is 5.11 Å². The van der Waals surface area contributed by atoms with E-state index in [0.29, 0.717) is 18.4 Å². The predicted molar refractivity (Wildman–Crippen MR) is 58.7 cm³/mol. The zero-order chi connectivity index (χ0) is 10.3. The van der Waals surface area contributed by atoms with Crippen LogP contribution in [0.4, 0.5) is 0 Å². The average molecular weight is 186 g/mol. The topological polar surface area (TPSA) is 20.2 Å². The molecule has 0 aliphatic rings. The highest BCUT2D eigenvalue weighted by molar-refractivity contribution is 4.65. The molecule has 0 aromatic heterocycles. The summed E-state index contributed by atoms with van der Waals surface area (Å²) in [6, 6.07) is 0. The highest BCUT2D eigenvalue weighted by Gasteiger charge is 2.14. The minimum Gasteiger partial charge on any atom is -0.396 e. The summed E-state index contributed by atoms with van der Waals surface area (Å²) in [6.07, 6.45) is 4.89. The van der Waals surface area contributed by atoms with Crippen LogP contribution >= 0.6 is 0 Å². The van der Waals surface area contributed by atoms with Crippen LogP contribution in [-0.4, -0.2) is 11.7 Å². The Balaban J connectivity index is 3.80. The number of hydrogen-bond donors (Lipinski definition) is 1. The molecule has 1 N–H and O–H groups in total. The smallest absolute Gasteiger partial charge is 0.0459 e. The van der Waals surface area contributed by atoms with Crippen LogP contribution in [0.5, 0.6) is 0 Å². The largest absolute Gasteiger partial charge is 0.396 e. The summed E-state index contributed by atoms with van der Waals surface area (Å²) < 4.78 is 0. The Bertz CT molecular complexity index is 106. The zero-order valence-electron chi connectivity index (χ0n) is 9.71. The summed E-state index contributed by atoms with van der Waals surface area (Å²) >= 11 is 0. The predicted octanol–water partition coefficient (Wildman–Crippen LogP) is 3.47. The van der Waals surface area contributed by atoms with Gasteiger partial charge in [0.25, 0.3) is 0 Å². The van der Waals surface area contributed by atoms with Crippen LogP contribution < -0.4 is 0 Å². The van der Waals surface area contributed by atoms with Gasteiger partial charge in [0, 0.05) is 6.61 Å². The molecule has 0 amide bonds. The molecular weight excluding hydrogens is 160 g/mol. The van der Waals surface area contributed by atoms with Crippen molar-refractivity contribution >= 4 is 0 Å². The van der Waals surface area contributed by atoms with Gasteiger partial charge in [-0.2, -0.15) is 0 Å². The minimum atomic E-state index is 0.370. The van der Waals surface area contributed by atoms with Gasteiger partial charge in [0.1, 0.15) is 0 Å². The van der Waals surface area contributed by atoms with Crippen molar-refractivity contribution in [1.82, 2.24) is 0 Å². The first kappa shape index (κ1) is 13.0. The van der Waals surface area contributed by atoms with Crippen LogP contribution in [0.1, 0.15) is 53.4 Å². The SMILES string of the molecule is CCC(CC)CC(CO)CC(C)C. The van der Waals surface area contributed by atoms with Crippen molar-refractivity contribution in [3.05, 3.63) is 0 Å². The van der Waals surface area contributed by atoms with Gasteiger partial charge in [0.15, 0.2) is 0 Å². The van der Waals surface area contributed by atoms with Crippen molar-refractivity contribution in [2.24, 2.45) is 17.8 Å². The van der Waals surface area contributed by atoms with E-state index in [1.165, 1.54) is 25.7 Å². The lowest BCUT2D eigenvalue weighted by Crippen LogP contribution is -2.14. The first-order valence-electron chi connectivity index (χ1n) is 5.74. The summed E-state index contributed by atoms with van der Waals surface area (Å²) in [5, 5.41) is 9.21. The Hall–Kier alpha value is -0.0400. The van der Waals surface area contributed by atoms with Gasteiger partial charge >= 0.3 is 0 Å². The highest BCUT2D eigenvalue weighted by Crippen LogP contribution is 2.23. The van der Waals surface area contributed by atoms with E-state index in [9.17, 15) is 5.11 Å². The number of aliphatic hydroxyl groups excluding tert-OH is 1. The molecule has 0 radical (unpaired) electrons. The summed E-state index contributed by atoms with van der Waals surface area (Å²) in [5.41, 5.74) is 0. The van der Waals surface area contributed by atoms with E-state index in [2.05, 4.69) is 27.7 Å². The van der Waals surface area contributed by atoms with Crippen molar-refractivity contribution in [2.75, 3.05) is 6.61 Å². The normalized spacial score (nSPS) is 14.1. The van der Waals surface area contributed by atoms with Crippen LogP contribution in [0.25, 0.3) is 0 Å². The second-order valence-electron chi connectivity index (χ2n) is 4.60. The van der Waals surface area contributed by atoms with Crippen molar-refractivity contribution in [2.45, 2.75) is 53.4 Å². The molecule has 1 atom stereocenters. The molecule has 13 heavy (non-hydrogen) atoms. The maximum atomic E-state index is 9.21. The number of aliphatic hydroxyl groups is 1. The molecule has 0 aliphatic heterocycles. The van der Waals surface area contributed by atoms with Crippen molar-refractivity contribution in [3.8, 4) is 0 Å². The Kier molecular flexibility index (Phi) is 7.35. The third-order valence-electron chi connectivity index (χ3n) is 2.88. The molecule has 1 heteroatoms. The van der Waals surface area contributed by atoms with Gasteiger partial charge in [-0.1, -0.05) is 40.5 Å². The summed E-state index contributed by atoms with van der Waals surface area (Å²) in [7, 11) is 0. The molecule has 0 spiro atoms. The maximum absolute atomic E-state index is 9.21. The summed E-state index contributed by atoms with van der Waals surface area (Å²) in [4.78, 5) is 0. The second kappa shape index (κ2) is 7.37. The maximum Gasteiger partial charge on any atom is 0.0459 e. The molecule has 0 bridgehead atoms. The molecule has 0 saturated carbocycles. The Morgan fingerprint density at radius 2 is 1.46 bits per heavy atom. The fourth-order valence-electron chi connectivity index (χ4n) is 2.01. The van der Waals surface area contributed by atoms with Gasteiger partial charge in [0.05, 0.1) is 0 Å².